The summed E-state index contributed by atoms with van der Waals surface area (Å²) >= 11 is 0. The second kappa shape index (κ2) is 8.32. The van der Waals surface area contributed by atoms with Crippen LogP contribution in [0.2, 0.25) is 0 Å². The first kappa shape index (κ1) is 19.6. The monoisotopic (exact) mass is 406 g/mol. The average molecular weight is 406 g/mol. The summed E-state index contributed by atoms with van der Waals surface area (Å²) in [5, 5.41) is 8.04. The smallest absolute Gasteiger partial charge is 0.275 e. The molecule has 4 rings (SSSR count). The zero-order valence-electron chi connectivity index (χ0n) is 16.3. The van der Waals surface area contributed by atoms with E-state index >= 15 is 0 Å². The van der Waals surface area contributed by atoms with Crippen molar-refractivity contribution >= 4 is 34.1 Å². The molecule has 1 unspecified atom stereocenters. The van der Waals surface area contributed by atoms with Gasteiger partial charge in [0.1, 0.15) is 12.4 Å². The summed E-state index contributed by atoms with van der Waals surface area (Å²) in [7, 11) is 0. The van der Waals surface area contributed by atoms with Crippen molar-refractivity contribution in [2.75, 3.05) is 23.3 Å². The summed E-state index contributed by atoms with van der Waals surface area (Å²) in [6.45, 7) is 1.15. The summed E-state index contributed by atoms with van der Waals surface area (Å²) in [5.41, 5.74) is 5.63. The number of benzene rings is 1. The number of fused-ring (bicyclic) bond motifs is 1. The van der Waals surface area contributed by atoms with Crippen molar-refractivity contribution < 1.29 is 9.59 Å². The molecule has 2 aromatic heterocycles. The van der Waals surface area contributed by atoms with Crippen LogP contribution in [-0.4, -0.2) is 39.7 Å². The minimum absolute atomic E-state index is 0.173. The Morgan fingerprint density at radius 2 is 2.00 bits per heavy atom. The molecule has 1 saturated heterocycles. The maximum Gasteiger partial charge on any atom is 0.275 e. The molecular formula is C21H22N6O3. The first-order valence-electron chi connectivity index (χ1n) is 9.76. The van der Waals surface area contributed by atoms with Crippen LogP contribution in [0, 0.1) is 5.92 Å². The van der Waals surface area contributed by atoms with E-state index in [-0.39, 0.29) is 29.8 Å². The van der Waals surface area contributed by atoms with Crippen LogP contribution in [0.1, 0.15) is 12.8 Å². The normalized spacial score (nSPS) is 16.4. The van der Waals surface area contributed by atoms with Crippen LogP contribution in [0.15, 0.2) is 53.6 Å². The van der Waals surface area contributed by atoms with Gasteiger partial charge in [0.25, 0.3) is 5.56 Å². The third-order valence-electron chi connectivity index (χ3n) is 5.23. The van der Waals surface area contributed by atoms with Gasteiger partial charge in [-0.15, -0.1) is 0 Å². The van der Waals surface area contributed by atoms with Crippen LogP contribution in [0.3, 0.4) is 0 Å². The first-order chi connectivity index (χ1) is 14.5. The fourth-order valence-corrected chi connectivity index (χ4v) is 3.64. The minimum Gasteiger partial charge on any atom is -0.369 e. The number of amides is 2. The zero-order valence-corrected chi connectivity index (χ0v) is 16.3. The average Bonchev–Trinajstić information content (AvgIpc) is 2.76. The molecular weight excluding hydrogens is 384 g/mol. The fraction of sp³-hybridized carbons (Fsp3) is 0.286. The highest BCUT2D eigenvalue weighted by atomic mass is 16.2. The van der Waals surface area contributed by atoms with E-state index < -0.39 is 0 Å². The van der Waals surface area contributed by atoms with Crippen molar-refractivity contribution in [3.63, 3.8) is 0 Å². The molecule has 1 atom stereocenters. The number of carbonyl (C=O) groups is 2. The highest BCUT2D eigenvalue weighted by Gasteiger charge is 2.24. The Labute approximate surface area is 172 Å². The van der Waals surface area contributed by atoms with Crippen LogP contribution < -0.4 is 21.5 Å². The Bertz CT molecular complexity index is 1140. The predicted octanol–water partition coefficient (Wildman–Crippen LogP) is 1.13. The molecule has 1 fully saturated rings. The number of aromatic nitrogens is 3. The lowest BCUT2D eigenvalue weighted by molar-refractivity contribution is -0.122. The largest absolute Gasteiger partial charge is 0.369 e. The highest BCUT2D eigenvalue weighted by molar-refractivity contribution is 5.90. The van der Waals surface area contributed by atoms with E-state index in [1.54, 1.807) is 42.7 Å². The molecule has 1 aliphatic heterocycles. The zero-order chi connectivity index (χ0) is 21.1. The molecule has 0 saturated carbocycles. The number of nitrogens with one attached hydrogen (secondary N) is 1. The van der Waals surface area contributed by atoms with Crippen molar-refractivity contribution in [3.8, 4) is 0 Å². The quantitative estimate of drug-likeness (QED) is 0.655. The van der Waals surface area contributed by atoms with Gasteiger partial charge in [0.15, 0.2) is 0 Å². The summed E-state index contributed by atoms with van der Waals surface area (Å²) in [5.74, 6) is -0.110. The van der Waals surface area contributed by atoms with Gasteiger partial charge in [-0.25, -0.2) is 9.67 Å². The molecule has 3 aromatic rings. The Hall–Kier alpha value is -3.75. The van der Waals surface area contributed by atoms with Crippen LogP contribution in [0.5, 0.6) is 0 Å². The van der Waals surface area contributed by atoms with E-state index in [0.29, 0.717) is 17.6 Å². The van der Waals surface area contributed by atoms with Crippen LogP contribution in [-0.2, 0) is 16.1 Å². The molecule has 3 N–H and O–H groups in total. The third-order valence-corrected chi connectivity index (χ3v) is 5.23. The maximum absolute atomic E-state index is 12.5. The topological polar surface area (TPSA) is 123 Å². The predicted molar refractivity (Wildman–Crippen MR) is 113 cm³/mol. The number of anilines is 2. The van der Waals surface area contributed by atoms with E-state index in [1.165, 1.54) is 0 Å². The standard InChI is InChI=1S/C21H22N6O3/c22-20(29)15-5-3-9-26(12-15)18-8-7-16(11-23-18)25-19(28)13-27-21(30)17-6-2-1-4-14(17)10-24-27/h1-2,4,6-8,10-11,15H,3,5,9,12-13H2,(H2,22,29)(H,25,28). The summed E-state index contributed by atoms with van der Waals surface area (Å²) in [6, 6.07) is 10.6. The molecule has 9 heteroatoms. The number of nitrogens with zero attached hydrogens (tertiary/aromatic N) is 4. The first-order valence-corrected chi connectivity index (χ1v) is 9.76. The van der Waals surface area contributed by atoms with Gasteiger partial charge in [0.05, 0.1) is 29.4 Å². The van der Waals surface area contributed by atoms with Crippen molar-refractivity contribution in [3.05, 3.63) is 59.1 Å². The van der Waals surface area contributed by atoms with Crippen LogP contribution in [0.25, 0.3) is 10.8 Å². The number of hydrogen-bond acceptors (Lipinski definition) is 6. The molecule has 1 aromatic carbocycles. The third kappa shape index (κ3) is 4.14. The van der Waals surface area contributed by atoms with Crippen LogP contribution >= 0.6 is 0 Å². The number of carbonyl (C=O) groups excluding carboxylic acids is 2. The molecule has 30 heavy (non-hydrogen) atoms. The minimum atomic E-state index is -0.374. The number of rotatable bonds is 5. The van der Waals surface area contributed by atoms with Crippen molar-refractivity contribution in [1.29, 1.82) is 0 Å². The number of nitrogens with two attached hydrogens (primary N) is 1. The lowest BCUT2D eigenvalue weighted by Crippen LogP contribution is -2.41. The van der Waals surface area contributed by atoms with E-state index in [9.17, 15) is 14.4 Å². The molecule has 0 bridgehead atoms. The lowest BCUT2D eigenvalue weighted by atomic mass is 9.97. The van der Waals surface area contributed by atoms with Gasteiger partial charge < -0.3 is 16.0 Å². The van der Waals surface area contributed by atoms with Gasteiger partial charge in [-0.3, -0.25) is 14.4 Å². The Morgan fingerprint density at radius 1 is 1.17 bits per heavy atom. The van der Waals surface area contributed by atoms with Gasteiger partial charge >= 0.3 is 0 Å². The Kier molecular flexibility index (Phi) is 5.42. The maximum atomic E-state index is 12.5. The van der Waals surface area contributed by atoms with Crippen molar-refractivity contribution in [2.45, 2.75) is 19.4 Å². The Morgan fingerprint density at radius 3 is 2.77 bits per heavy atom. The summed E-state index contributed by atoms with van der Waals surface area (Å²) in [6.07, 6.45) is 4.79. The molecule has 0 aliphatic carbocycles. The SMILES string of the molecule is NC(=O)C1CCCN(c2ccc(NC(=O)Cn3ncc4ccccc4c3=O)cn2)C1. The van der Waals surface area contributed by atoms with Gasteiger partial charge in [0, 0.05) is 18.5 Å². The number of pyridine rings is 1. The molecule has 3 heterocycles. The molecule has 154 valence electrons. The molecule has 2 amide bonds. The second-order valence-corrected chi connectivity index (χ2v) is 7.34. The number of primary amides is 1. The molecule has 1 aliphatic rings. The van der Waals surface area contributed by atoms with Gasteiger partial charge in [-0.1, -0.05) is 18.2 Å². The van der Waals surface area contributed by atoms with Gasteiger partial charge in [-0.05, 0) is 31.0 Å². The van der Waals surface area contributed by atoms with Gasteiger partial charge in [0.2, 0.25) is 11.8 Å². The van der Waals surface area contributed by atoms with E-state index in [2.05, 4.69) is 15.4 Å². The molecule has 0 radical (unpaired) electrons. The van der Waals surface area contributed by atoms with E-state index in [0.717, 1.165) is 35.3 Å². The Balaban J connectivity index is 1.41. The van der Waals surface area contributed by atoms with E-state index in [1.807, 2.05) is 11.0 Å². The van der Waals surface area contributed by atoms with E-state index in [4.69, 9.17) is 5.73 Å². The molecule has 9 nitrogen and oxygen atoms in total. The number of hydrogen-bond donors (Lipinski definition) is 2. The van der Waals surface area contributed by atoms with Gasteiger partial charge in [-0.2, -0.15) is 5.10 Å². The second-order valence-electron chi connectivity index (χ2n) is 7.34. The fourth-order valence-electron chi connectivity index (χ4n) is 3.64. The van der Waals surface area contributed by atoms with Crippen molar-refractivity contribution in [1.82, 2.24) is 14.8 Å². The summed E-state index contributed by atoms with van der Waals surface area (Å²) in [4.78, 5) is 42.7. The van der Waals surface area contributed by atoms with Crippen molar-refractivity contribution in [2.24, 2.45) is 11.7 Å². The molecule has 0 spiro atoms. The number of piperidine rings is 1. The highest BCUT2D eigenvalue weighted by Crippen LogP contribution is 2.22. The van der Waals surface area contributed by atoms with Crippen LogP contribution in [0.4, 0.5) is 11.5 Å². The lowest BCUT2D eigenvalue weighted by Gasteiger charge is -2.32. The summed E-state index contributed by atoms with van der Waals surface area (Å²) < 4.78 is 1.14.